The van der Waals surface area contributed by atoms with Crippen LogP contribution in [0.5, 0.6) is 23.0 Å². The monoisotopic (exact) mass is 526 g/mol. The van der Waals surface area contributed by atoms with Gasteiger partial charge in [-0.15, -0.1) is 0 Å². The first kappa shape index (κ1) is 27.2. The first-order valence-electron chi connectivity index (χ1n) is 12.7. The van der Waals surface area contributed by atoms with Crippen LogP contribution in [0, 0.1) is 0 Å². The van der Waals surface area contributed by atoms with Crippen LogP contribution in [0.1, 0.15) is 36.7 Å². The van der Waals surface area contributed by atoms with E-state index in [1.165, 1.54) is 6.21 Å². The Morgan fingerprint density at radius 3 is 2.36 bits per heavy atom. The number of hydrogen-bond donors (Lipinski definition) is 1. The van der Waals surface area contributed by atoms with E-state index in [2.05, 4.69) is 10.5 Å². The summed E-state index contributed by atoms with van der Waals surface area (Å²) in [5, 5.41) is 6.00. The van der Waals surface area contributed by atoms with Crippen LogP contribution >= 0.6 is 0 Å². The van der Waals surface area contributed by atoms with E-state index in [-0.39, 0.29) is 5.75 Å². The highest BCUT2D eigenvalue weighted by atomic mass is 16.6. The lowest BCUT2D eigenvalue weighted by atomic mass is 10.1. The third-order valence-electron chi connectivity index (χ3n) is 5.68. The fourth-order valence-corrected chi connectivity index (χ4v) is 3.77. The van der Waals surface area contributed by atoms with E-state index in [4.69, 9.17) is 18.9 Å². The average molecular weight is 527 g/mol. The minimum Gasteiger partial charge on any atom is -0.494 e. The maximum Gasteiger partial charge on any atom is 0.343 e. The van der Waals surface area contributed by atoms with Crippen molar-refractivity contribution < 1.29 is 28.5 Å². The van der Waals surface area contributed by atoms with Crippen molar-refractivity contribution in [1.82, 2.24) is 5.43 Å². The van der Waals surface area contributed by atoms with E-state index in [9.17, 15) is 9.59 Å². The molecule has 0 spiro atoms. The second kappa shape index (κ2) is 13.1. The maximum absolute atomic E-state index is 12.6. The lowest BCUT2D eigenvalue weighted by Gasteiger charge is -2.14. The van der Waals surface area contributed by atoms with Gasteiger partial charge in [-0.25, -0.2) is 10.2 Å². The zero-order valence-corrected chi connectivity index (χ0v) is 22.0. The lowest BCUT2D eigenvalue weighted by molar-refractivity contribution is -0.127. The van der Waals surface area contributed by atoms with Crippen LogP contribution in [-0.2, 0) is 4.79 Å². The van der Waals surface area contributed by atoms with Gasteiger partial charge in [0.05, 0.1) is 25.0 Å². The van der Waals surface area contributed by atoms with Gasteiger partial charge in [0.2, 0.25) is 0 Å². The number of fused-ring (bicyclic) bond motifs is 1. The molecule has 4 rings (SSSR count). The number of hydrazone groups is 1. The number of esters is 1. The zero-order valence-electron chi connectivity index (χ0n) is 22.0. The molecule has 0 aromatic heterocycles. The molecule has 1 atom stereocenters. The summed E-state index contributed by atoms with van der Waals surface area (Å²) in [6.45, 7) is 6.29. The molecule has 0 aliphatic heterocycles. The van der Waals surface area contributed by atoms with Crippen molar-refractivity contribution >= 4 is 28.9 Å². The first-order valence-corrected chi connectivity index (χ1v) is 12.7. The summed E-state index contributed by atoms with van der Waals surface area (Å²) in [5.74, 6) is 1.03. The summed E-state index contributed by atoms with van der Waals surface area (Å²) in [5.41, 5.74) is 3.53. The highest BCUT2D eigenvalue weighted by Crippen LogP contribution is 2.29. The van der Waals surface area contributed by atoms with Gasteiger partial charge in [-0.05, 0) is 80.3 Å². The number of amides is 1. The van der Waals surface area contributed by atoms with Crippen LogP contribution < -0.4 is 24.4 Å². The molecule has 39 heavy (non-hydrogen) atoms. The van der Waals surface area contributed by atoms with Gasteiger partial charge >= 0.3 is 5.97 Å². The number of nitrogens with one attached hydrogen (secondary N) is 1. The highest BCUT2D eigenvalue weighted by molar-refractivity contribution is 5.92. The summed E-state index contributed by atoms with van der Waals surface area (Å²) < 4.78 is 22.5. The van der Waals surface area contributed by atoms with Gasteiger partial charge in [-0.3, -0.25) is 4.79 Å². The largest absolute Gasteiger partial charge is 0.494 e. The Bertz CT molecular complexity index is 1460. The van der Waals surface area contributed by atoms with Gasteiger partial charge < -0.3 is 18.9 Å². The Balaban J connectivity index is 1.38. The number of carbonyl (C=O) groups excluding carboxylic acids is 2. The number of rotatable bonds is 11. The molecular weight excluding hydrogens is 496 g/mol. The van der Waals surface area contributed by atoms with Crippen molar-refractivity contribution in [3.63, 3.8) is 0 Å². The van der Waals surface area contributed by atoms with Crippen molar-refractivity contribution in [2.75, 3.05) is 13.2 Å². The number of hydrogen-bond acceptors (Lipinski definition) is 7. The highest BCUT2D eigenvalue weighted by Gasteiger charge is 2.16. The van der Waals surface area contributed by atoms with Crippen LogP contribution in [0.25, 0.3) is 10.8 Å². The normalized spacial score (nSPS) is 11.7. The SMILES string of the molecule is CCOc1ccc(C(=O)Oc2ccc(C=NNC(=O)C(C)Oc3cccc4ccccc34)cc2OCC)cc1. The number of benzene rings is 4. The Morgan fingerprint density at radius 1 is 0.846 bits per heavy atom. The molecule has 200 valence electrons. The van der Waals surface area contributed by atoms with E-state index >= 15 is 0 Å². The van der Waals surface area contributed by atoms with E-state index in [1.54, 1.807) is 49.4 Å². The quantitative estimate of drug-likeness (QED) is 0.115. The fraction of sp³-hybridized carbons (Fsp3) is 0.194. The summed E-state index contributed by atoms with van der Waals surface area (Å²) in [6, 6.07) is 25.2. The molecule has 1 unspecified atom stereocenters. The number of ether oxygens (including phenoxy) is 4. The summed E-state index contributed by atoms with van der Waals surface area (Å²) in [7, 11) is 0. The Morgan fingerprint density at radius 2 is 1.59 bits per heavy atom. The van der Waals surface area contributed by atoms with Crippen LogP contribution in [0.4, 0.5) is 0 Å². The molecule has 0 aliphatic carbocycles. The summed E-state index contributed by atoms with van der Waals surface area (Å²) in [4.78, 5) is 25.2. The Labute approximate surface area is 227 Å². The van der Waals surface area contributed by atoms with Crippen molar-refractivity contribution in [2.24, 2.45) is 5.10 Å². The molecule has 0 bridgehead atoms. The summed E-state index contributed by atoms with van der Waals surface area (Å²) >= 11 is 0. The van der Waals surface area contributed by atoms with Gasteiger partial charge in [0.1, 0.15) is 11.5 Å². The minimum absolute atomic E-state index is 0.272. The smallest absolute Gasteiger partial charge is 0.343 e. The number of carbonyl (C=O) groups is 2. The summed E-state index contributed by atoms with van der Waals surface area (Å²) in [6.07, 6.45) is 0.708. The van der Waals surface area contributed by atoms with Crippen molar-refractivity contribution in [3.8, 4) is 23.0 Å². The minimum atomic E-state index is -0.767. The molecule has 4 aromatic rings. The predicted octanol–water partition coefficient (Wildman–Crippen LogP) is 5.77. The van der Waals surface area contributed by atoms with Gasteiger partial charge in [-0.2, -0.15) is 5.10 Å². The molecule has 0 radical (unpaired) electrons. The van der Waals surface area contributed by atoms with E-state index in [0.717, 1.165) is 10.8 Å². The molecule has 0 saturated carbocycles. The lowest BCUT2D eigenvalue weighted by Crippen LogP contribution is -2.33. The standard InChI is InChI=1S/C31H30N2O6/c1-4-36-25-16-14-24(15-17-25)31(35)39-28-18-13-22(19-29(28)37-5-2)20-32-33-30(34)21(3)38-27-12-8-10-23-9-6-7-11-26(23)27/h6-21H,4-5H2,1-3H3,(H,33,34). The third kappa shape index (κ3) is 7.13. The van der Waals surface area contributed by atoms with Gasteiger partial charge in [0.15, 0.2) is 17.6 Å². The Kier molecular flexibility index (Phi) is 9.13. The van der Waals surface area contributed by atoms with Crippen LogP contribution in [0.15, 0.2) is 90.0 Å². The van der Waals surface area contributed by atoms with Crippen molar-refractivity contribution in [1.29, 1.82) is 0 Å². The molecular formula is C31H30N2O6. The molecule has 0 fully saturated rings. The molecule has 0 saturated heterocycles. The van der Waals surface area contributed by atoms with Crippen LogP contribution in [-0.4, -0.2) is 37.4 Å². The molecule has 0 aliphatic rings. The third-order valence-corrected chi connectivity index (χ3v) is 5.68. The van der Waals surface area contributed by atoms with Gasteiger partial charge in [0, 0.05) is 5.39 Å². The Hall–Kier alpha value is -4.85. The molecule has 4 aromatic carbocycles. The molecule has 8 nitrogen and oxygen atoms in total. The van der Waals surface area contributed by atoms with E-state index < -0.39 is 18.0 Å². The van der Waals surface area contributed by atoms with Crippen LogP contribution in [0.2, 0.25) is 0 Å². The first-order chi connectivity index (χ1) is 19.0. The van der Waals surface area contributed by atoms with Crippen LogP contribution in [0.3, 0.4) is 0 Å². The van der Waals surface area contributed by atoms with E-state index in [0.29, 0.717) is 41.6 Å². The van der Waals surface area contributed by atoms with Crippen molar-refractivity contribution in [2.45, 2.75) is 26.9 Å². The molecule has 1 amide bonds. The molecule has 0 heterocycles. The molecule has 8 heteroatoms. The van der Waals surface area contributed by atoms with Crippen molar-refractivity contribution in [3.05, 3.63) is 96.1 Å². The average Bonchev–Trinajstić information content (AvgIpc) is 2.95. The zero-order chi connectivity index (χ0) is 27.6. The number of nitrogens with zero attached hydrogens (tertiary/aromatic N) is 1. The molecule has 1 N–H and O–H groups in total. The van der Waals surface area contributed by atoms with Gasteiger partial charge in [-0.1, -0.05) is 36.4 Å². The second-order valence-corrected chi connectivity index (χ2v) is 8.46. The van der Waals surface area contributed by atoms with E-state index in [1.807, 2.05) is 56.3 Å². The fourth-order valence-electron chi connectivity index (χ4n) is 3.77. The topological polar surface area (TPSA) is 95.5 Å². The predicted molar refractivity (Wildman–Crippen MR) is 150 cm³/mol. The maximum atomic E-state index is 12.6. The second-order valence-electron chi connectivity index (χ2n) is 8.46. The van der Waals surface area contributed by atoms with Gasteiger partial charge in [0.25, 0.3) is 5.91 Å².